The summed E-state index contributed by atoms with van der Waals surface area (Å²) in [4.78, 5) is 12.9. The molecule has 0 bridgehead atoms. The van der Waals surface area contributed by atoms with Crippen LogP contribution < -0.4 is 5.32 Å². The van der Waals surface area contributed by atoms with E-state index in [0.717, 1.165) is 25.1 Å². The minimum Gasteiger partial charge on any atom is -0.310 e. The van der Waals surface area contributed by atoms with Gasteiger partial charge in [0, 0.05) is 24.7 Å². The number of rotatable bonds is 5. The number of non-ortho nitro benzene ring substituents is 1. The normalized spacial score (nSPS) is 20.6. The monoisotopic (exact) mass is 277 g/mol. The Morgan fingerprint density at radius 2 is 2.25 bits per heavy atom. The predicted octanol–water partition coefficient (Wildman–Crippen LogP) is 2.56. The first kappa shape index (κ1) is 14.9. The molecule has 1 aliphatic rings. The molecule has 1 fully saturated rings. The Kier molecular flexibility index (Phi) is 5.49. The van der Waals surface area contributed by atoms with Crippen LogP contribution in [-0.2, 0) is 6.54 Å². The van der Waals surface area contributed by atoms with Crippen LogP contribution in [-0.4, -0.2) is 35.5 Å². The smallest absolute Gasteiger partial charge is 0.269 e. The van der Waals surface area contributed by atoms with E-state index in [0.29, 0.717) is 12.6 Å². The molecule has 1 heterocycles. The Labute approximate surface area is 120 Å². The van der Waals surface area contributed by atoms with Crippen molar-refractivity contribution in [2.45, 2.75) is 38.8 Å². The third kappa shape index (κ3) is 4.28. The van der Waals surface area contributed by atoms with Crippen molar-refractivity contribution in [3.63, 3.8) is 0 Å². The third-order valence-corrected chi connectivity index (χ3v) is 3.98. The Bertz CT molecular complexity index is 450. The van der Waals surface area contributed by atoms with Gasteiger partial charge in [0.2, 0.25) is 0 Å². The molecule has 110 valence electrons. The summed E-state index contributed by atoms with van der Waals surface area (Å²) in [6.45, 7) is 6.36. The quantitative estimate of drug-likeness (QED) is 0.664. The molecule has 5 nitrogen and oxygen atoms in total. The average Bonchev–Trinajstić information content (AvgIpc) is 2.70. The van der Waals surface area contributed by atoms with E-state index in [2.05, 4.69) is 17.1 Å². The van der Waals surface area contributed by atoms with Crippen LogP contribution in [0.5, 0.6) is 0 Å². The van der Waals surface area contributed by atoms with Gasteiger partial charge in [-0.3, -0.25) is 10.1 Å². The zero-order valence-electron chi connectivity index (χ0n) is 12.0. The average molecular weight is 277 g/mol. The predicted molar refractivity (Wildman–Crippen MR) is 79.7 cm³/mol. The van der Waals surface area contributed by atoms with Crippen molar-refractivity contribution < 1.29 is 4.92 Å². The second-order valence-electron chi connectivity index (χ2n) is 5.37. The van der Waals surface area contributed by atoms with Crippen molar-refractivity contribution in [2.75, 3.05) is 19.6 Å². The number of likely N-dealkylation sites (tertiary alicyclic amines) is 1. The lowest BCUT2D eigenvalue weighted by Crippen LogP contribution is -2.30. The van der Waals surface area contributed by atoms with Gasteiger partial charge in [-0.1, -0.05) is 19.1 Å². The van der Waals surface area contributed by atoms with E-state index < -0.39 is 0 Å². The molecule has 0 amide bonds. The molecule has 0 saturated carbocycles. The summed E-state index contributed by atoms with van der Waals surface area (Å²) in [7, 11) is 0. The summed E-state index contributed by atoms with van der Waals surface area (Å²) in [5, 5.41) is 14.3. The maximum absolute atomic E-state index is 10.8. The van der Waals surface area contributed by atoms with Gasteiger partial charge >= 0.3 is 0 Å². The van der Waals surface area contributed by atoms with E-state index in [1.165, 1.54) is 25.5 Å². The standard InChI is InChI=1S/C15H23N3O2/c1-2-17-9-4-6-14(8-10-17)16-12-13-5-3-7-15(11-13)18(19)20/h3,5,7,11,14,16H,2,4,6,8-10,12H2,1H3. The second-order valence-corrected chi connectivity index (χ2v) is 5.37. The minimum atomic E-state index is -0.339. The molecule has 0 radical (unpaired) electrons. The van der Waals surface area contributed by atoms with Crippen molar-refractivity contribution in [3.05, 3.63) is 39.9 Å². The summed E-state index contributed by atoms with van der Waals surface area (Å²) < 4.78 is 0. The number of benzene rings is 1. The van der Waals surface area contributed by atoms with Gasteiger partial charge in [0.25, 0.3) is 5.69 Å². The molecular formula is C15H23N3O2. The molecule has 1 aliphatic heterocycles. The maximum atomic E-state index is 10.8. The molecule has 1 aromatic carbocycles. The first-order chi connectivity index (χ1) is 9.69. The Hall–Kier alpha value is -1.46. The summed E-state index contributed by atoms with van der Waals surface area (Å²) in [5.41, 5.74) is 1.15. The van der Waals surface area contributed by atoms with Crippen LogP contribution >= 0.6 is 0 Å². The van der Waals surface area contributed by atoms with Gasteiger partial charge in [-0.05, 0) is 44.5 Å². The first-order valence-corrected chi connectivity index (χ1v) is 7.38. The van der Waals surface area contributed by atoms with Crippen LogP contribution in [0.3, 0.4) is 0 Å². The number of nitrogens with zero attached hydrogens (tertiary/aromatic N) is 2. The van der Waals surface area contributed by atoms with Gasteiger partial charge in [0.05, 0.1) is 4.92 Å². The number of nitrogens with one attached hydrogen (secondary N) is 1. The SMILES string of the molecule is CCN1CCCC(NCc2cccc([N+](=O)[O-])c2)CC1. The zero-order chi connectivity index (χ0) is 14.4. The summed E-state index contributed by atoms with van der Waals surface area (Å²) in [5.74, 6) is 0. The lowest BCUT2D eigenvalue weighted by molar-refractivity contribution is -0.384. The second kappa shape index (κ2) is 7.36. The van der Waals surface area contributed by atoms with Crippen LogP contribution in [0.2, 0.25) is 0 Å². The molecule has 2 rings (SSSR count). The van der Waals surface area contributed by atoms with E-state index in [1.807, 2.05) is 6.07 Å². The maximum Gasteiger partial charge on any atom is 0.269 e. The van der Waals surface area contributed by atoms with Crippen LogP contribution in [0.25, 0.3) is 0 Å². The van der Waals surface area contributed by atoms with Gasteiger partial charge in [-0.15, -0.1) is 0 Å². The number of nitro groups is 1. The van der Waals surface area contributed by atoms with E-state index in [-0.39, 0.29) is 10.6 Å². The molecular weight excluding hydrogens is 254 g/mol. The fraction of sp³-hybridized carbons (Fsp3) is 0.600. The first-order valence-electron chi connectivity index (χ1n) is 7.38. The topological polar surface area (TPSA) is 58.4 Å². The Morgan fingerprint density at radius 1 is 1.40 bits per heavy atom. The van der Waals surface area contributed by atoms with Crippen LogP contribution in [0, 0.1) is 10.1 Å². The fourth-order valence-electron chi connectivity index (χ4n) is 2.72. The fourth-order valence-corrected chi connectivity index (χ4v) is 2.72. The van der Waals surface area contributed by atoms with Gasteiger partial charge in [-0.2, -0.15) is 0 Å². The van der Waals surface area contributed by atoms with Crippen molar-refractivity contribution in [2.24, 2.45) is 0 Å². The molecule has 1 saturated heterocycles. The number of nitro benzene ring substituents is 1. The molecule has 0 aromatic heterocycles. The highest BCUT2D eigenvalue weighted by Gasteiger charge is 2.15. The highest BCUT2D eigenvalue weighted by Crippen LogP contribution is 2.15. The van der Waals surface area contributed by atoms with Crippen molar-refractivity contribution >= 4 is 5.69 Å². The molecule has 1 N–H and O–H groups in total. The summed E-state index contributed by atoms with van der Waals surface area (Å²) >= 11 is 0. The molecule has 20 heavy (non-hydrogen) atoms. The third-order valence-electron chi connectivity index (χ3n) is 3.98. The van der Waals surface area contributed by atoms with Gasteiger partial charge < -0.3 is 10.2 Å². The van der Waals surface area contributed by atoms with Crippen LogP contribution in [0.15, 0.2) is 24.3 Å². The number of hydrogen-bond donors (Lipinski definition) is 1. The van der Waals surface area contributed by atoms with E-state index in [9.17, 15) is 10.1 Å². The van der Waals surface area contributed by atoms with E-state index in [1.54, 1.807) is 12.1 Å². The lowest BCUT2D eigenvalue weighted by Gasteiger charge is -2.18. The molecule has 1 unspecified atom stereocenters. The van der Waals surface area contributed by atoms with E-state index in [4.69, 9.17) is 0 Å². The van der Waals surface area contributed by atoms with Crippen molar-refractivity contribution in [1.29, 1.82) is 0 Å². The van der Waals surface area contributed by atoms with Gasteiger partial charge in [-0.25, -0.2) is 0 Å². The van der Waals surface area contributed by atoms with Crippen LogP contribution in [0.1, 0.15) is 31.7 Å². The summed E-state index contributed by atoms with van der Waals surface area (Å²) in [6.07, 6.45) is 3.56. The molecule has 0 aliphatic carbocycles. The number of hydrogen-bond acceptors (Lipinski definition) is 4. The van der Waals surface area contributed by atoms with Gasteiger partial charge in [0.15, 0.2) is 0 Å². The largest absolute Gasteiger partial charge is 0.310 e. The molecule has 5 heteroatoms. The summed E-state index contributed by atoms with van der Waals surface area (Å²) in [6, 6.07) is 7.40. The van der Waals surface area contributed by atoms with Crippen molar-refractivity contribution in [1.82, 2.24) is 10.2 Å². The highest BCUT2D eigenvalue weighted by molar-refractivity contribution is 5.34. The van der Waals surface area contributed by atoms with E-state index >= 15 is 0 Å². The Balaban J connectivity index is 1.85. The zero-order valence-corrected chi connectivity index (χ0v) is 12.0. The Morgan fingerprint density at radius 3 is 3.00 bits per heavy atom. The molecule has 1 atom stereocenters. The molecule has 0 spiro atoms. The van der Waals surface area contributed by atoms with Gasteiger partial charge in [0.1, 0.15) is 0 Å². The lowest BCUT2D eigenvalue weighted by atomic mass is 10.1. The molecule has 1 aromatic rings. The highest BCUT2D eigenvalue weighted by atomic mass is 16.6. The van der Waals surface area contributed by atoms with Crippen molar-refractivity contribution in [3.8, 4) is 0 Å². The minimum absolute atomic E-state index is 0.169. The van der Waals surface area contributed by atoms with Crippen LogP contribution in [0.4, 0.5) is 5.69 Å².